The minimum atomic E-state index is 0. The summed E-state index contributed by atoms with van der Waals surface area (Å²) in [5.74, 6) is 4.25. The molecule has 0 fully saturated rings. The van der Waals surface area contributed by atoms with Crippen molar-refractivity contribution in [1.29, 1.82) is 0 Å². The van der Waals surface area contributed by atoms with Gasteiger partial charge in [-0.2, -0.15) is 11.6 Å². The summed E-state index contributed by atoms with van der Waals surface area (Å²) < 4.78 is 0. The molecule has 3 heteroatoms. The summed E-state index contributed by atoms with van der Waals surface area (Å²) in [6.45, 7) is 0. The molecule has 0 N–H and O–H groups in total. The fraction of sp³-hybridized carbons (Fsp3) is 0. The van der Waals surface area contributed by atoms with Crippen LogP contribution in [0.15, 0.2) is 11.6 Å². The van der Waals surface area contributed by atoms with Gasteiger partial charge in [-0.15, -0.1) is 5.53 Å². The number of rotatable bonds is 0. The Bertz CT molecular complexity index is 65.3. The van der Waals surface area contributed by atoms with E-state index in [-0.39, 0.29) is 26.2 Å². The summed E-state index contributed by atoms with van der Waals surface area (Å²) in [5.41, 5.74) is 3.11. The Hall–Kier alpha value is 1.09. The minimum absolute atomic E-state index is 0. The molecule has 0 bridgehead atoms. The van der Waals surface area contributed by atoms with Crippen LogP contribution in [0.4, 0.5) is 0 Å². The van der Waals surface area contributed by atoms with E-state index in [9.17, 15) is 0 Å². The molecule has 1 heterocycles. The van der Waals surface area contributed by atoms with Crippen LogP contribution in [0.25, 0.3) is 0 Å². The Kier molecular flexibility index (Phi) is 5.03. The van der Waals surface area contributed by atoms with Crippen LogP contribution in [-0.2, 0) is 26.2 Å². The predicted octanol–water partition coefficient (Wildman–Crippen LogP) is 2.10. The summed E-state index contributed by atoms with van der Waals surface area (Å²) in [5, 5.41) is 0. The molecular formula is C3H3P2Zr-. The minimum Gasteiger partial charge on any atom is -0.266 e. The molecule has 0 nitrogen and oxygen atoms in total. The summed E-state index contributed by atoms with van der Waals surface area (Å²) in [7, 11) is 2.14. The van der Waals surface area contributed by atoms with Crippen LogP contribution >= 0.6 is 16.4 Å². The van der Waals surface area contributed by atoms with Crippen molar-refractivity contribution in [3.63, 3.8) is 0 Å². The fourth-order valence-corrected chi connectivity index (χ4v) is 1.68. The fourth-order valence-electron chi connectivity index (χ4n) is 0.186. The van der Waals surface area contributed by atoms with E-state index in [0.29, 0.717) is 0 Å². The molecule has 1 rings (SSSR count). The maximum Gasteiger partial charge on any atom is 0 e. The molecule has 0 aliphatic heterocycles. The first kappa shape index (κ1) is 7.09. The molecule has 0 aromatic carbocycles. The zero-order valence-corrected chi connectivity index (χ0v) is 7.45. The van der Waals surface area contributed by atoms with E-state index in [0.717, 1.165) is 8.19 Å². The normalized spacial score (nSPS) is 9.33. The first-order valence-corrected chi connectivity index (χ1v) is 3.39. The Morgan fingerprint density at radius 1 is 1.67 bits per heavy atom. The van der Waals surface area contributed by atoms with E-state index >= 15 is 0 Å². The standard InChI is InChI=1S/C3H3P2.Zr/c1-2-5-3-4-1;/h1-2,4H;/q-1;. The van der Waals surface area contributed by atoms with Gasteiger partial charge in [0.1, 0.15) is 0 Å². The van der Waals surface area contributed by atoms with Crippen LogP contribution in [-0.4, -0.2) is 0 Å². The summed E-state index contributed by atoms with van der Waals surface area (Å²) in [6, 6.07) is 0. The molecule has 0 spiro atoms. The predicted molar refractivity (Wildman–Crippen MR) is 27.3 cm³/mol. The molecule has 30 valence electrons. The van der Waals surface area contributed by atoms with Crippen molar-refractivity contribution >= 4 is 16.4 Å². The van der Waals surface area contributed by atoms with Crippen LogP contribution in [0.2, 0.25) is 0 Å². The Morgan fingerprint density at radius 2 is 2.50 bits per heavy atom. The van der Waals surface area contributed by atoms with Crippen molar-refractivity contribution in [2.45, 2.75) is 0 Å². The molecule has 1 atom stereocenters. The summed E-state index contributed by atoms with van der Waals surface area (Å²) in [4.78, 5) is 0. The molecule has 1 unspecified atom stereocenters. The second kappa shape index (κ2) is 4.26. The van der Waals surface area contributed by atoms with E-state index < -0.39 is 0 Å². The third kappa shape index (κ3) is 2.30. The van der Waals surface area contributed by atoms with E-state index in [1.807, 2.05) is 0 Å². The maximum absolute atomic E-state index is 3.11. The average molecular weight is 192 g/mol. The van der Waals surface area contributed by atoms with Crippen LogP contribution in [0, 0.1) is 5.53 Å². The largest absolute Gasteiger partial charge is 0.266 e. The zero-order chi connectivity index (χ0) is 3.54. The zero-order valence-electron chi connectivity index (χ0n) is 3.10. The maximum atomic E-state index is 3.11. The second-order valence-electron chi connectivity index (χ2n) is 0.701. The quantitative estimate of drug-likeness (QED) is 0.552. The molecule has 0 saturated heterocycles. The van der Waals surface area contributed by atoms with Crippen molar-refractivity contribution in [3.05, 3.63) is 17.1 Å². The van der Waals surface area contributed by atoms with E-state index in [2.05, 4.69) is 17.1 Å². The van der Waals surface area contributed by atoms with Gasteiger partial charge in [-0.05, 0) is 0 Å². The monoisotopic (exact) mass is 191 g/mol. The molecule has 0 radical (unpaired) electrons. The third-order valence-corrected chi connectivity index (χ3v) is 2.31. The average Bonchev–Trinajstić information content (AvgIpc) is 1.76. The molecular weight excluding hydrogens is 189 g/mol. The van der Waals surface area contributed by atoms with Crippen molar-refractivity contribution in [2.24, 2.45) is 0 Å². The molecule has 0 aliphatic rings. The van der Waals surface area contributed by atoms with Gasteiger partial charge in [0.05, 0.1) is 0 Å². The first-order valence-electron chi connectivity index (χ1n) is 1.35. The van der Waals surface area contributed by atoms with Gasteiger partial charge in [0, 0.05) is 26.2 Å². The SMILES string of the molecule is [Zr].[c-]1pcc[pH]1. The van der Waals surface area contributed by atoms with E-state index in [1.54, 1.807) is 0 Å². The Morgan fingerprint density at radius 3 is 2.67 bits per heavy atom. The smallest absolute Gasteiger partial charge is 0 e. The van der Waals surface area contributed by atoms with E-state index in [1.165, 1.54) is 8.19 Å². The molecule has 0 aliphatic carbocycles. The molecule has 6 heavy (non-hydrogen) atoms. The van der Waals surface area contributed by atoms with Crippen molar-refractivity contribution in [2.75, 3.05) is 0 Å². The molecule has 0 amide bonds. The Labute approximate surface area is 59.7 Å². The van der Waals surface area contributed by atoms with Gasteiger partial charge in [0.15, 0.2) is 0 Å². The molecule has 0 saturated carbocycles. The van der Waals surface area contributed by atoms with Gasteiger partial charge in [0.2, 0.25) is 0 Å². The number of hydrogen-bond donors (Lipinski definition) is 0. The van der Waals surface area contributed by atoms with Crippen molar-refractivity contribution in [3.8, 4) is 0 Å². The van der Waals surface area contributed by atoms with Gasteiger partial charge < -0.3 is 0 Å². The van der Waals surface area contributed by atoms with Crippen molar-refractivity contribution in [1.82, 2.24) is 0 Å². The third-order valence-electron chi connectivity index (χ3n) is 0.362. The van der Waals surface area contributed by atoms with Gasteiger partial charge in [-0.3, -0.25) is 8.19 Å². The van der Waals surface area contributed by atoms with Gasteiger partial charge in [0.25, 0.3) is 0 Å². The molecule has 1 aromatic rings. The second-order valence-corrected chi connectivity index (χ2v) is 2.77. The van der Waals surface area contributed by atoms with Crippen LogP contribution < -0.4 is 0 Å². The van der Waals surface area contributed by atoms with Gasteiger partial charge in [-0.25, -0.2) is 8.19 Å². The Balaban J connectivity index is 0.000000250. The summed E-state index contributed by atoms with van der Waals surface area (Å²) >= 11 is 0. The van der Waals surface area contributed by atoms with Crippen LogP contribution in [0.1, 0.15) is 0 Å². The summed E-state index contributed by atoms with van der Waals surface area (Å²) in [6.07, 6.45) is 0. The topological polar surface area (TPSA) is 0 Å². The van der Waals surface area contributed by atoms with Gasteiger partial charge >= 0.3 is 0 Å². The van der Waals surface area contributed by atoms with Crippen molar-refractivity contribution < 1.29 is 26.2 Å². The van der Waals surface area contributed by atoms with Crippen LogP contribution in [0.3, 0.4) is 0 Å². The molecule has 1 aromatic heterocycles. The van der Waals surface area contributed by atoms with E-state index in [4.69, 9.17) is 0 Å². The van der Waals surface area contributed by atoms with Crippen LogP contribution in [0.5, 0.6) is 0 Å². The van der Waals surface area contributed by atoms with Gasteiger partial charge in [-0.1, -0.05) is 0 Å². The number of hydrogen-bond acceptors (Lipinski definition) is 0. The first-order chi connectivity index (χ1) is 2.50.